The Balaban J connectivity index is 2.14. The van der Waals surface area contributed by atoms with Gasteiger partial charge in [-0.1, -0.05) is 31.5 Å². The van der Waals surface area contributed by atoms with E-state index in [9.17, 15) is 4.79 Å². The van der Waals surface area contributed by atoms with Gasteiger partial charge >= 0.3 is 0 Å². The van der Waals surface area contributed by atoms with Gasteiger partial charge in [0.05, 0.1) is 0 Å². The van der Waals surface area contributed by atoms with E-state index < -0.39 is 5.54 Å². The number of nitrogens with two attached hydrogens (primary N) is 1. The summed E-state index contributed by atoms with van der Waals surface area (Å²) in [7, 11) is 0. The van der Waals surface area contributed by atoms with Crippen molar-refractivity contribution in [3.8, 4) is 0 Å². The minimum absolute atomic E-state index is 0.264. The molecule has 0 aromatic heterocycles. The van der Waals surface area contributed by atoms with Gasteiger partial charge in [-0.25, -0.2) is 0 Å². The summed E-state index contributed by atoms with van der Waals surface area (Å²) in [5, 5.41) is 3.99. The molecular formula is C16H23ClN2O. The molecule has 0 bridgehead atoms. The molecule has 1 fully saturated rings. The van der Waals surface area contributed by atoms with Crippen molar-refractivity contribution in [1.29, 1.82) is 0 Å². The predicted molar refractivity (Wildman–Crippen MR) is 83.8 cm³/mol. The standard InChI is InChI=1S/C16H23ClN2O/c1-11(2)12-6-8-16(9-7-12,15(18)20)19-14-5-3-4-13(17)10-14/h3-5,10-12,19H,6-9H2,1-2H3,(H2,18,20). The Kier molecular flexibility index (Phi) is 4.59. The molecule has 0 heterocycles. The first-order valence-corrected chi connectivity index (χ1v) is 7.64. The highest BCUT2D eigenvalue weighted by molar-refractivity contribution is 6.30. The summed E-state index contributed by atoms with van der Waals surface area (Å²) in [5.41, 5.74) is 5.91. The second-order valence-electron chi connectivity index (χ2n) is 6.16. The summed E-state index contributed by atoms with van der Waals surface area (Å²) in [6.07, 6.45) is 3.65. The first-order chi connectivity index (χ1) is 9.43. The largest absolute Gasteiger partial charge is 0.371 e. The fraction of sp³-hybridized carbons (Fsp3) is 0.562. The van der Waals surface area contributed by atoms with Crippen molar-refractivity contribution in [1.82, 2.24) is 0 Å². The second kappa shape index (κ2) is 6.04. The molecule has 2 rings (SSSR count). The maximum Gasteiger partial charge on any atom is 0.243 e. The molecule has 1 aliphatic rings. The fourth-order valence-corrected chi connectivity index (χ4v) is 3.27. The Bertz CT molecular complexity index is 479. The van der Waals surface area contributed by atoms with Crippen molar-refractivity contribution >= 4 is 23.2 Å². The van der Waals surface area contributed by atoms with Gasteiger partial charge in [0.15, 0.2) is 0 Å². The lowest BCUT2D eigenvalue weighted by molar-refractivity contribution is -0.123. The first-order valence-electron chi connectivity index (χ1n) is 7.26. The number of primary amides is 1. The molecule has 1 aromatic rings. The Hall–Kier alpha value is -1.22. The Labute approximate surface area is 125 Å². The zero-order valence-corrected chi connectivity index (χ0v) is 12.9. The molecule has 0 unspecified atom stereocenters. The highest BCUT2D eigenvalue weighted by Crippen LogP contribution is 2.38. The molecule has 1 saturated carbocycles. The van der Waals surface area contributed by atoms with E-state index in [0.717, 1.165) is 31.4 Å². The highest BCUT2D eigenvalue weighted by Gasteiger charge is 2.40. The van der Waals surface area contributed by atoms with E-state index in [1.54, 1.807) is 0 Å². The van der Waals surface area contributed by atoms with Crippen LogP contribution < -0.4 is 11.1 Å². The minimum Gasteiger partial charge on any atom is -0.371 e. The van der Waals surface area contributed by atoms with Gasteiger partial charge in [0.1, 0.15) is 5.54 Å². The molecule has 1 amide bonds. The summed E-state index contributed by atoms with van der Waals surface area (Å²) in [4.78, 5) is 12.0. The van der Waals surface area contributed by atoms with Crippen LogP contribution in [0.25, 0.3) is 0 Å². The van der Waals surface area contributed by atoms with Gasteiger partial charge in [-0.05, 0) is 55.7 Å². The average Bonchev–Trinajstić information content (AvgIpc) is 2.39. The van der Waals surface area contributed by atoms with Crippen LogP contribution >= 0.6 is 11.6 Å². The third-order valence-corrected chi connectivity index (χ3v) is 4.74. The number of anilines is 1. The number of amides is 1. The third-order valence-electron chi connectivity index (χ3n) is 4.51. The molecular weight excluding hydrogens is 272 g/mol. The lowest BCUT2D eigenvalue weighted by atomic mass is 9.72. The predicted octanol–water partition coefficient (Wildman–Crippen LogP) is 3.82. The van der Waals surface area contributed by atoms with Crippen molar-refractivity contribution in [3.63, 3.8) is 0 Å². The topological polar surface area (TPSA) is 55.1 Å². The molecule has 110 valence electrons. The zero-order valence-electron chi connectivity index (χ0n) is 12.2. The quantitative estimate of drug-likeness (QED) is 0.887. The Morgan fingerprint density at radius 1 is 1.40 bits per heavy atom. The smallest absolute Gasteiger partial charge is 0.243 e. The maximum absolute atomic E-state index is 12.0. The Morgan fingerprint density at radius 2 is 2.05 bits per heavy atom. The number of carbonyl (C=O) groups excluding carboxylic acids is 1. The van der Waals surface area contributed by atoms with Crippen molar-refractivity contribution < 1.29 is 4.79 Å². The molecule has 0 aliphatic heterocycles. The Morgan fingerprint density at radius 3 is 2.55 bits per heavy atom. The molecule has 0 spiro atoms. The number of halogens is 1. The van der Waals surface area contributed by atoms with Gasteiger partial charge in [-0.3, -0.25) is 4.79 Å². The molecule has 0 atom stereocenters. The maximum atomic E-state index is 12.0. The normalized spacial score (nSPS) is 26.5. The molecule has 1 aliphatic carbocycles. The molecule has 1 aromatic carbocycles. The van der Waals surface area contributed by atoms with Crippen LogP contribution in [-0.4, -0.2) is 11.4 Å². The zero-order chi connectivity index (χ0) is 14.8. The summed E-state index contributed by atoms with van der Waals surface area (Å²) < 4.78 is 0. The van der Waals surface area contributed by atoms with Crippen molar-refractivity contribution in [2.75, 3.05) is 5.32 Å². The molecule has 20 heavy (non-hydrogen) atoms. The number of nitrogens with one attached hydrogen (secondary N) is 1. The number of rotatable bonds is 4. The number of hydrogen-bond donors (Lipinski definition) is 2. The van der Waals surface area contributed by atoms with Crippen LogP contribution in [-0.2, 0) is 4.79 Å². The summed E-state index contributed by atoms with van der Waals surface area (Å²) in [5.74, 6) is 1.08. The van der Waals surface area contributed by atoms with E-state index in [1.807, 2.05) is 24.3 Å². The summed E-state index contributed by atoms with van der Waals surface area (Å²) in [6.45, 7) is 4.48. The van der Waals surface area contributed by atoms with Crippen molar-refractivity contribution in [3.05, 3.63) is 29.3 Å². The number of carbonyl (C=O) groups is 1. The molecule has 0 radical (unpaired) electrons. The lowest BCUT2D eigenvalue weighted by Crippen LogP contribution is -2.53. The molecule has 3 N–H and O–H groups in total. The van der Waals surface area contributed by atoms with Crippen LogP contribution in [0.3, 0.4) is 0 Å². The van der Waals surface area contributed by atoms with Crippen LogP contribution in [0.1, 0.15) is 39.5 Å². The van der Waals surface area contributed by atoms with Gasteiger partial charge in [0, 0.05) is 10.7 Å². The number of benzene rings is 1. The molecule has 3 nitrogen and oxygen atoms in total. The fourth-order valence-electron chi connectivity index (χ4n) is 3.08. The van der Waals surface area contributed by atoms with Crippen molar-refractivity contribution in [2.45, 2.75) is 45.1 Å². The van der Waals surface area contributed by atoms with Gasteiger partial charge in [-0.15, -0.1) is 0 Å². The highest BCUT2D eigenvalue weighted by atomic mass is 35.5. The van der Waals surface area contributed by atoms with Gasteiger partial charge in [-0.2, -0.15) is 0 Å². The van der Waals surface area contributed by atoms with E-state index in [2.05, 4.69) is 19.2 Å². The van der Waals surface area contributed by atoms with Gasteiger partial charge < -0.3 is 11.1 Å². The second-order valence-corrected chi connectivity index (χ2v) is 6.60. The van der Waals surface area contributed by atoms with E-state index in [1.165, 1.54) is 0 Å². The monoisotopic (exact) mass is 294 g/mol. The van der Waals surface area contributed by atoms with Crippen LogP contribution in [0.4, 0.5) is 5.69 Å². The van der Waals surface area contributed by atoms with E-state index in [4.69, 9.17) is 17.3 Å². The molecule has 0 saturated heterocycles. The van der Waals surface area contributed by atoms with Crippen molar-refractivity contribution in [2.24, 2.45) is 17.6 Å². The average molecular weight is 295 g/mol. The van der Waals surface area contributed by atoms with Crippen LogP contribution in [0.5, 0.6) is 0 Å². The van der Waals surface area contributed by atoms with Gasteiger partial charge in [0.2, 0.25) is 5.91 Å². The lowest BCUT2D eigenvalue weighted by Gasteiger charge is -2.40. The summed E-state index contributed by atoms with van der Waals surface area (Å²) in [6, 6.07) is 7.45. The van der Waals surface area contributed by atoms with E-state index in [-0.39, 0.29) is 5.91 Å². The number of hydrogen-bond acceptors (Lipinski definition) is 2. The minimum atomic E-state index is -0.629. The first kappa shape index (κ1) is 15.2. The van der Waals surface area contributed by atoms with Crippen LogP contribution in [0, 0.1) is 11.8 Å². The van der Waals surface area contributed by atoms with Crippen LogP contribution in [0.2, 0.25) is 5.02 Å². The van der Waals surface area contributed by atoms with Crippen LogP contribution in [0.15, 0.2) is 24.3 Å². The summed E-state index contributed by atoms with van der Waals surface area (Å²) >= 11 is 6.00. The van der Waals surface area contributed by atoms with Gasteiger partial charge in [0.25, 0.3) is 0 Å². The third kappa shape index (κ3) is 3.26. The van der Waals surface area contributed by atoms with E-state index >= 15 is 0 Å². The SMILES string of the molecule is CC(C)C1CCC(Nc2cccc(Cl)c2)(C(N)=O)CC1. The molecule has 4 heteroatoms. The van der Waals surface area contributed by atoms with E-state index in [0.29, 0.717) is 16.9 Å².